The predicted octanol–water partition coefficient (Wildman–Crippen LogP) is 2.33. The Kier molecular flexibility index (Phi) is 3.74. The maximum atomic E-state index is 13.8. The monoisotopic (exact) mass is 267 g/mol. The highest BCUT2D eigenvalue weighted by Gasteiger charge is 2.22. The van der Waals surface area contributed by atoms with Gasteiger partial charge in [0.15, 0.2) is 0 Å². The lowest BCUT2D eigenvalue weighted by Gasteiger charge is -2.15. The van der Waals surface area contributed by atoms with Gasteiger partial charge in [-0.1, -0.05) is 17.7 Å². The van der Waals surface area contributed by atoms with E-state index in [1.165, 1.54) is 31.6 Å². The Morgan fingerprint density at radius 1 is 1.33 bits per heavy atom. The summed E-state index contributed by atoms with van der Waals surface area (Å²) in [6.07, 6.45) is 2.93. The second-order valence-electron chi connectivity index (χ2n) is 3.56. The molecule has 0 aliphatic carbocycles. The summed E-state index contributed by atoms with van der Waals surface area (Å²) < 4.78 is 18.8. The second kappa shape index (κ2) is 5.29. The molecule has 1 atom stereocenters. The average molecular weight is 268 g/mol. The lowest BCUT2D eigenvalue weighted by atomic mass is 10.0. The van der Waals surface area contributed by atoms with Crippen molar-refractivity contribution in [3.63, 3.8) is 0 Å². The Balaban J connectivity index is 2.51. The van der Waals surface area contributed by atoms with Crippen LogP contribution < -0.4 is 10.5 Å². The van der Waals surface area contributed by atoms with Crippen LogP contribution in [-0.4, -0.2) is 17.1 Å². The molecule has 1 unspecified atom stereocenters. The smallest absolute Gasteiger partial charge is 0.237 e. The molecule has 0 aliphatic heterocycles. The van der Waals surface area contributed by atoms with Crippen molar-refractivity contribution in [3.8, 4) is 5.88 Å². The van der Waals surface area contributed by atoms with Crippen LogP contribution in [0.4, 0.5) is 4.39 Å². The van der Waals surface area contributed by atoms with Gasteiger partial charge < -0.3 is 10.5 Å². The minimum absolute atomic E-state index is 0.179. The molecule has 0 saturated carbocycles. The highest BCUT2D eigenvalue weighted by atomic mass is 35.5. The van der Waals surface area contributed by atoms with E-state index >= 15 is 0 Å². The first-order valence-electron chi connectivity index (χ1n) is 5.19. The highest BCUT2D eigenvalue weighted by molar-refractivity contribution is 6.31. The fourth-order valence-electron chi connectivity index (χ4n) is 1.65. The first-order chi connectivity index (χ1) is 8.65. The molecule has 18 heavy (non-hydrogen) atoms. The lowest BCUT2D eigenvalue weighted by Crippen LogP contribution is -2.17. The molecule has 2 aromatic rings. The quantitative estimate of drug-likeness (QED) is 0.927. The van der Waals surface area contributed by atoms with Gasteiger partial charge in [0.25, 0.3) is 0 Å². The first-order valence-corrected chi connectivity index (χ1v) is 5.57. The number of nitrogens with zero attached hydrogens (tertiary/aromatic N) is 2. The van der Waals surface area contributed by atoms with Gasteiger partial charge >= 0.3 is 0 Å². The van der Waals surface area contributed by atoms with Crippen LogP contribution >= 0.6 is 11.6 Å². The van der Waals surface area contributed by atoms with E-state index in [9.17, 15) is 4.39 Å². The van der Waals surface area contributed by atoms with Crippen molar-refractivity contribution in [2.24, 2.45) is 5.73 Å². The van der Waals surface area contributed by atoms with E-state index in [-0.39, 0.29) is 16.5 Å². The number of rotatable bonds is 3. The van der Waals surface area contributed by atoms with Gasteiger partial charge in [0.1, 0.15) is 11.5 Å². The molecule has 0 amide bonds. The van der Waals surface area contributed by atoms with Crippen LogP contribution in [0.5, 0.6) is 5.88 Å². The molecule has 2 N–H and O–H groups in total. The minimum atomic E-state index is -0.831. The van der Waals surface area contributed by atoms with Gasteiger partial charge in [-0.2, -0.15) is 0 Å². The molecule has 0 bridgehead atoms. The molecule has 0 saturated heterocycles. The van der Waals surface area contributed by atoms with Crippen LogP contribution in [0, 0.1) is 5.82 Å². The molecule has 1 aromatic carbocycles. The first kappa shape index (κ1) is 12.7. The van der Waals surface area contributed by atoms with Gasteiger partial charge in [-0.15, -0.1) is 0 Å². The van der Waals surface area contributed by atoms with E-state index in [1.807, 2.05) is 0 Å². The maximum Gasteiger partial charge on any atom is 0.237 e. The van der Waals surface area contributed by atoms with Crippen LogP contribution in [-0.2, 0) is 0 Å². The Morgan fingerprint density at radius 3 is 2.72 bits per heavy atom. The van der Waals surface area contributed by atoms with Crippen LogP contribution in [0.15, 0.2) is 30.6 Å². The molecule has 1 aromatic heterocycles. The molecule has 6 heteroatoms. The van der Waals surface area contributed by atoms with Gasteiger partial charge in [0, 0.05) is 23.0 Å². The Hall–Kier alpha value is -1.72. The largest absolute Gasteiger partial charge is 0.480 e. The minimum Gasteiger partial charge on any atom is -0.480 e. The summed E-state index contributed by atoms with van der Waals surface area (Å²) in [5, 5.41) is 0.246. The second-order valence-corrected chi connectivity index (χ2v) is 3.97. The van der Waals surface area contributed by atoms with Crippen LogP contribution in [0.1, 0.15) is 17.3 Å². The molecule has 0 spiro atoms. The Morgan fingerprint density at radius 2 is 2.06 bits per heavy atom. The fourth-order valence-corrected chi connectivity index (χ4v) is 1.93. The average Bonchev–Trinajstić information content (AvgIpc) is 2.38. The number of nitrogens with two attached hydrogens (primary N) is 1. The van der Waals surface area contributed by atoms with Crippen molar-refractivity contribution in [1.82, 2.24) is 9.97 Å². The van der Waals surface area contributed by atoms with Gasteiger partial charge in [0.2, 0.25) is 5.88 Å². The zero-order chi connectivity index (χ0) is 13.1. The van der Waals surface area contributed by atoms with Crippen molar-refractivity contribution in [1.29, 1.82) is 0 Å². The van der Waals surface area contributed by atoms with Gasteiger partial charge in [-0.3, -0.25) is 4.98 Å². The molecule has 4 nitrogen and oxygen atoms in total. The zero-order valence-corrected chi connectivity index (χ0v) is 10.4. The van der Waals surface area contributed by atoms with E-state index in [0.29, 0.717) is 5.69 Å². The molecule has 0 radical (unpaired) electrons. The number of hydrogen-bond donors (Lipinski definition) is 1. The molecular weight excluding hydrogens is 257 g/mol. The molecule has 2 rings (SSSR count). The SMILES string of the molecule is COc1nccnc1C(N)c1c(F)cccc1Cl. The number of aromatic nitrogens is 2. The number of benzene rings is 1. The summed E-state index contributed by atoms with van der Waals surface area (Å²) in [6.45, 7) is 0. The Bertz CT molecular complexity index is 545. The highest BCUT2D eigenvalue weighted by Crippen LogP contribution is 2.30. The topological polar surface area (TPSA) is 61.0 Å². The third kappa shape index (κ3) is 2.27. The predicted molar refractivity (Wildman–Crippen MR) is 66.0 cm³/mol. The molecule has 1 heterocycles. The van der Waals surface area contributed by atoms with Crippen LogP contribution in [0.25, 0.3) is 0 Å². The summed E-state index contributed by atoms with van der Waals surface area (Å²) in [5.74, 6) is -0.230. The molecule has 0 aliphatic rings. The van der Waals surface area contributed by atoms with Gasteiger partial charge in [0.05, 0.1) is 13.2 Å². The molecule has 94 valence electrons. The Labute approximate surface area is 109 Å². The molecule has 0 fully saturated rings. The number of methoxy groups -OCH3 is 1. The normalized spacial score (nSPS) is 12.2. The summed E-state index contributed by atoms with van der Waals surface area (Å²) >= 11 is 5.96. The van der Waals surface area contributed by atoms with Crippen LogP contribution in [0.2, 0.25) is 5.02 Å². The zero-order valence-electron chi connectivity index (χ0n) is 9.60. The van der Waals surface area contributed by atoms with Crippen molar-refractivity contribution in [2.75, 3.05) is 7.11 Å². The van der Waals surface area contributed by atoms with E-state index in [2.05, 4.69) is 9.97 Å². The third-order valence-corrected chi connectivity index (χ3v) is 2.82. The van der Waals surface area contributed by atoms with E-state index in [0.717, 1.165) is 0 Å². The standard InChI is InChI=1S/C12H11ClFN3O/c1-18-12-11(16-5-6-17-12)10(15)9-7(13)3-2-4-8(9)14/h2-6,10H,15H2,1H3. The number of halogens is 2. The number of ether oxygens (including phenoxy) is 1. The summed E-state index contributed by atoms with van der Waals surface area (Å²) in [4.78, 5) is 8.04. The summed E-state index contributed by atoms with van der Waals surface area (Å²) in [6, 6.07) is 3.55. The van der Waals surface area contributed by atoms with Crippen molar-refractivity contribution < 1.29 is 9.13 Å². The van der Waals surface area contributed by atoms with Gasteiger partial charge in [-0.25, -0.2) is 9.37 Å². The van der Waals surface area contributed by atoms with Gasteiger partial charge in [-0.05, 0) is 12.1 Å². The van der Waals surface area contributed by atoms with Crippen molar-refractivity contribution >= 4 is 11.6 Å². The number of hydrogen-bond acceptors (Lipinski definition) is 4. The van der Waals surface area contributed by atoms with E-state index < -0.39 is 11.9 Å². The maximum absolute atomic E-state index is 13.8. The summed E-state index contributed by atoms with van der Waals surface area (Å²) in [7, 11) is 1.45. The fraction of sp³-hybridized carbons (Fsp3) is 0.167. The van der Waals surface area contributed by atoms with Crippen LogP contribution in [0.3, 0.4) is 0 Å². The lowest BCUT2D eigenvalue weighted by molar-refractivity contribution is 0.386. The third-order valence-electron chi connectivity index (χ3n) is 2.49. The van der Waals surface area contributed by atoms with E-state index in [4.69, 9.17) is 22.1 Å². The van der Waals surface area contributed by atoms with Crippen molar-refractivity contribution in [2.45, 2.75) is 6.04 Å². The summed E-state index contributed by atoms with van der Waals surface area (Å²) in [5.41, 5.74) is 6.51. The van der Waals surface area contributed by atoms with E-state index in [1.54, 1.807) is 6.07 Å². The van der Waals surface area contributed by atoms with Crippen molar-refractivity contribution in [3.05, 3.63) is 52.7 Å². The molecular formula is C12H11ClFN3O.